The third-order valence-corrected chi connectivity index (χ3v) is 7.89. The molecule has 0 aliphatic heterocycles. The number of ether oxygens (including phenoxy) is 1. The second-order valence-electron chi connectivity index (χ2n) is 9.35. The van der Waals surface area contributed by atoms with Crippen LogP contribution in [0.25, 0.3) is 0 Å². The lowest BCUT2D eigenvalue weighted by molar-refractivity contribution is -0.154. The Labute approximate surface area is 159 Å². The normalized spacial score (nSPS) is 40.0. The van der Waals surface area contributed by atoms with Gasteiger partial charge in [-0.1, -0.05) is 35.2 Å². The summed E-state index contributed by atoms with van der Waals surface area (Å²) >= 11 is 3.98. The molecule has 5 saturated carbocycles. The number of rotatable bonds is 5. The van der Waals surface area contributed by atoms with Crippen molar-refractivity contribution in [3.05, 3.63) is 0 Å². The molecule has 4 nitrogen and oxygen atoms in total. The van der Waals surface area contributed by atoms with E-state index < -0.39 is 0 Å². The fourth-order valence-corrected chi connectivity index (χ4v) is 8.07. The van der Waals surface area contributed by atoms with E-state index in [4.69, 9.17) is 4.74 Å². The molecule has 5 aliphatic rings. The smallest absolute Gasteiger partial charge is 0.306 e. The monoisotopic (exact) mass is 411 g/mol. The minimum atomic E-state index is -0.183. The zero-order chi connectivity index (χ0) is 17.5. The predicted molar refractivity (Wildman–Crippen MR) is 99.4 cm³/mol. The van der Waals surface area contributed by atoms with E-state index in [9.17, 15) is 9.59 Å². The number of nitrogens with one attached hydrogen (secondary N) is 1. The molecule has 0 unspecified atom stereocenters. The van der Waals surface area contributed by atoms with Gasteiger partial charge in [0.05, 0.1) is 6.42 Å². The summed E-state index contributed by atoms with van der Waals surface area (Å²) in [5.41, 5.74) is 0.116. The van der Waals surface area contributed by atoms with Crippen molar-refractivity contribution in [2.75, 3.05) is 6.61 Å². The Kier molecular flexibility index (Phi) is 4.89. The summed E-state index contributed by atoms with van der Waals surface area (Å²) in [6.07, 6.45) is 13.5. The number of amides is 1. The van der Waals surface area contributed by atoms with Crippen molar-refractivity contribution in [2.45, 2.75) is 87.4 Å². The van der Waals surface area contributed by atoms with E-state index in [2.05, 4.69) is 21.2 Å². The first-order valence-corrected chi connectivity index (χ1v) is 10.9. The molecule has 0 spiro atoms. The van der Waals surface area contributed by atoms with Crippen molar-refractivity contribution in [3.63, 3.8) is 0 Å². The summed E-state index contributed by atoms with van der Waals surface area (Å²) in [6.45, 7) is -0.113. The maximum atomic E-state index is 12.4. The SMILES string of the molecule is O=C(COC(=O)CC12C[C@@H]3C[C@H](CC(Br)(C3)C1)C2)NC1CCCCC1. The van der Waals surface area contributed by atoms with Gasteiger partial charge in [-0.25, -0.2) is 0 Å². The van der Waals surface area contributed by atoms with Crippen molar-refractivity contribution in [1.82, 2.24) is 5.32 Å². The molecule has 1 amide bonds. The molecule has 0 aromatic rings. The van der Waals surface area contributed by atoms with Crippen LogP contribution in [0.2, 0.25) is 0 Å². The fraction of sp³-hybridized carbons (Fsp3) is 0.900. The molecule has 1 N–H and O–H groups in total. The van der Waals surface area contributed by atoms with E-state index in [1.165, 1.54) is 51.4 Å². The first kappa shape index (κ1) is 17.8. The highest BCUT2D eigenvalue weighted by atomic mass is 79.9. The summed E-state index contributed by atoms with van der Waals surface area (Å²) in [7, 11) is 0. The van der Waals surface area contributed by atoms with Gasteiger partial charge in [-0.3, -0.25) is 9.59 Å². The van der Waals surface area contributed by atoms with Gasteiger partial charge in [-0.2, -0.15) is 0 Å². The molecule has 4 bridgehead atoms. The molecule has 0 aromatic carbocycles. The number of hydrogen-bond donors (Lipinski definition) is 1. The van der Waals surface area contributed by atoms with Gasteiger partial charge in [-0.05, 0) is 68.6 Å². The van der Waals surface area contributed by atoms with Gasteiger partial charge in [0.2, 0.25) is 0 Å². The number of esters is 1. The first-order valence-electron chi connectivity index (χ1n) is 10.1. The highest BCUT2D eigenvalue weighted by Gasteiger charge is 2.57. The lowest BCUT2D eigenvalue weighted by atomic mass is 9.49. The van der Waals surface area contributed by atoms with Gasteiger partial charge < -0.3 is 10.1 Å². The van der Waals surface area contributed by atoms with Crippen LogP contribution in [0, 0.1) is 17.3 Å². The Bertz CT molecular complexity index is 529. The molecule has 5 heteroatoms. The van der Waals surface area contributed by atoms with Crippen molar-refractivity contribution >= 4 is 27.8 Å². The Morgan fingerprint density at radius 1 is 1.04 bits per heavy atom. The highest BCUT2D eigenvalue weighted by Crippen LogP contribution is 2.65. The van der Waals surface area contributed by atoms with Crippen LogP contribution in [0.5, 0.6) is 0 Å². The minimum absolute atomic E-state index is 0.113. The molecule has 140 valence electrons. The molecule has 0 saturated heterocycles. The molecular formula is C20H30BrNO3. The van der Waals surface area contributed by atoms with E-state index in [0.717, 1.165) is 31.1 Å². The van der Waals surface area contributed by atoms with Crippen LogP contribution in [-0.2, 0) is 14.3 Å². The van der Waals surface area contributed by atoms with Crippen LogP contribution >= 0.6 is 15.9 Å². The third-order valence-electron chi connectivity index (χ3n) is 6.96. The van der Waals surface area contributed by atoms with Gasteiger partial charge in [0, 0.05) is 10.4 Å². The summed E-state index contributed by atoms with van der Waals surface area (Å²) in [5, 5.41) is 3.02. The Morgan fingerprint density at radius 3 is 2.36 bits per heavy atom. The van der Waals surface area contributed by atoms with Gasteiger partial charge in [0.15, 0.2) is 6.61 Å². The number of carbonyl (C=O) groups excluding carboxylic acids is 2. The third kappa shape index (κ3) is 4.06. The molecule has 5 rings (SSSR count). The fourth-order valence-electron chi connectivity index (χ4n) is 6.56. The van der Waals surface area contributed by atoms with Crippen LogP contribution in [0.1, 0.15) is 77.0 Å². The second kappa shape index (κ2) is 6.86. The van der Waals surface area contributed by atoms with E-state index in [1.54, 1.807) is 0 Å². The van der Waals surface area contributed by atoms with Crippen molar-refractivity contribution in [3.8, 4) is 0 Å². The first-order chi connectivity index (χ1) is 11.9. The Morgan fingerprint density at radius 2 is 1.72 bits per heavy atom. The van der Waals surface area contributed by atoms with E-state index in [1.807, 2.05) is 0 Å². The zero-order valence-electron chi connectivity index (χ0n) is 15.0. The topological polar surface area (TPSA) is 55.4 Å². The molecule has 25 heavy (non-hydrogen) atoms. The van der Waals surface area contributed by atoms with Crippen molar-refractivity contribution in [2.24, 2.45) is 17.3 Å². The van der Waals surface area contributed by atoms with Crippen LogP contribution in [-0.4, -0.2) is 28.8 Å². The molecule has 0 radical (unpaired) electrons. The summed E-state index contributed by atoms with van der Waals surface area (Å²) in [4.78, 5) is 24.4. The van der Waals surface area contributed by atoms with Crippen LogP contribution in [0.3, 0.4) is 0 Å². The van der Waals surface area contributed by atoms with E-state index in [-0.39, 0.29) is 34.3 Å². The number of carbonyl (C=O) groups is 2. The molecular weight excluding hydrogens is 382 g/mol. The largest absolute Gasteiger partial charge is 0.456 e. The maximum Gasteiger partial charge on any atom is 0.306 e. The molecule has 2 atom stereocenters. The average molecular weight is 412 g/mol. The average Bonchev–Trinajstić information content (AvgIpc) is 2.51. The van der Waals surface area contributed by atoms with Gasteiger partial charge in [0.1, 0.15) is 0 Å². The molecule has 0 heterocycles. The van der Waals surface area contributed by atoms with Crippen molar-refractivity contribution < 1.29 is 14.3 Å². The van der Waals surface area contributed by atoms with Crippen molar-refractivity contribution in [1.29, 1.82) is 0 Å². The predicted octanol–water partition coefficient (Wildman–Crippen LogP) is 4.10. The minimum Gasteiger partial charge on any atom is -0.456 e. The van der Waals surface area contributed by atoms with E-state index in [0.29, 0.717) is 6.42 Å². The summed E-state index contributed by atoms with van der Waals surface area (Å²) in [5.74, 6) is 1.21. The Balaban J connectivity index is 1.25. The van der Waals surface area contributed by atoms with Gasteiger partial charge in [-0.15, -0.1) is 0 Å². The quantitative estimate of drug-likeness (QED) is 0.546. The lowest BCUT2D eigenvalue weighted by Crippen LogP contribution is -2.53. The maximum absolute atomic E-state index is 12.4. The van der Waals surface area contributed by atoms with Crippen LogP contribution < -0.4 is 5.32 Å². The van der Waals surface area contributed by atoms with E-state index >= 15 is 0 Å². The molecule has 0 aromatic heterocycles. The lowest BCUT2D eigenvalue weighted by Gasteiger charge is -2.60. The number of alkyl halides is 1. The zero-order valence-corrected chi connectivity index (χ0v) is 16.6. The molecule has 5 aliphatic carbocycles. The Hall–Kier alpha value is -0.580. The van der Waals surface area contributed by atoms with Gasteiger partial charge in [0.25, 0.3) is 5.91 Å². The highest BCUT2D eigenvalue weighted by molar-refractivity contribution is 9.10. The van der Waals surface area contributed by atoms with Crippen LogP contribution in [0.4, 0.5) is 0 Å². The second-order valence-corrected chi connectivity index (χ2v) is 11.0. The standard InChI is InChI=1S/C20H30BrNO3/c21-20-9-14-6-15(10-20)8-19(7-14,13-20)11-18(24)25-12-17(23)22-16-4-2-1-3-5-16/h14-16H,1-13H2,(H,22,23)/t14-,15-,19?,20?/m0/s1. The van der Waals surface area contributed by atoms with Gasteiger partial charge >= 0.3 is 5.97 Å². The number of halogens is 1. The van der Waals surface area contributed by atoms with Crippen LogP contribution in [0.15, 0.2) is 0 Å². The molecule has 5 fully saturated rings. The summed E-state index contributed by atoms with van der Waals surface area (Å²) in [6, 6.07) is 0.274. The number of hydrogen-bond acceptors (Lipinski definition) is 3. The summed E-state index contributed by atoms with van der Waals surface area (Å²) < 4.78 is 5.61.